The molecule has 0 saturated heterocycles. The van der Waals surface area contributed by atoms with Crippen molar-refractivity contribution in [3.05, 3.63) is 388 Å². The van der Waals surface area contributed by atoms with Gasteiger partial charge in [0.15, 0.2) is 34.9 Å². The van der Waals surface area contributed by atoms with Crippen molar-refractivity contribution in [1.29, 1.82) is 0 Å². The Morgan fingerprint density at radius 1 is 0.209 bits per heavy atom. The molecule has 2 aliphatic rings. The van der Waals surface area contributed by atoms with Crippen LogP contribution in [0.4, 0.5) is 0 Å². The van der Waals surface area contributed by atoms with Crippen molar-refractivity contribution in [2.45, 2.75) is 19.6 Å². The predicted molar refractivity (Wildman–Crippen MR) is 464 cm³/mol. The summed E-state index contributed by atoms with van der Waals surface area (Å²) in [5.41, 5.74) is 24.0. The number of hydrogen-bond acceptors (Lipinski definition) is 9. The molecule has 4 aromatic heterocycles. The number of fused-ring (bicyclic) bond motifs is 12. The van der Waals surface area contributed by atoms with Crippen LogP contribution in [0.2, 0.25) is 0 Å². The molecule has 1 unspecified atom stereocenters. The highest BCUT2D eigenvalue weighted by molar-refractivity contribution is 7.92. The summed E-state index contributed by atoms with van der Waals surface area (Å²) in [6.45, 7) is 0. The molecule has 0 amide bonds. The maximum Gasteiger partial charge on any atom is 0.207 e. The second kappa shape index (κ2) is 28.2. The number of aromatic nitrogens is 8. The fraction of sp³-hybridized carbons (Fsp3) is 0. The van der Waals surface area contributed by atoms with E-state index in [9.17, 15) is 12.6 Å². The molecule has 0 spiro atoms. The van der Waals surface area contributed by atoms with Gasteiger partial charge < -0.3 is 9.13 Å². The summed E-state index contributed by atoms with van der Waals surface area (Å²) >= 11 is 0. The van der Waals surface area contributed by atoms with Crippen molar-refractivity contribution in [3.8, 4) is 146 Å². The number of nitrogens with zero attached hydrogens (tertiary/aromatic N) is 8. The Hall–Kier alpha value is -14.8. The Balaban J connectivity index is 0.000000144. The number of para-hydroxylation sites is 2. The number of benzene rings is 16. The smallest absolute Gasteiger partial charge is 0.207 e. The first-order valence-corrected chi connectivity index (χ1v) is 40.7. The fourth-order valence-electron chi connectivity index (χ4n) is 16.3. The summed E-state index contributed by atoms with van der Waals surface area (Å²) in [6.07, 6.45) is 0. The van der Waals surface area contributed by atoms with Crippen LogP contribution in [0.25, 0.3) is 190 Å². The van der Waals surface area contributed by atoms with E-state index in [1.54, 1.807) is 12.1 Å². The van der Waals surface area contributed by atoms with Crippen molar-refractivity contribution >= 4 is 64.2 Å². The van der Waals surface area contributed by atoms with Crippen molar-refractivity contribution in [2.24, 2.45) is 0 Å². The lowest BCUT2D eigenvalue weighted by Gasteiger charge is -2.12. The maximum atomic E-state index is 13.5. The van der Waals surface area contributed by atoms with E-state index in [2.05, 4.69) is 203 Å². The lowest BCUT2D eigenvalue weighted by Crippen LogP contribution is -2.00. The second-order valence-corrected chi connectivity index (χ2v) is 32.0. The Morgan fingerprint density at radius 3 is 1.05 bits per heavy atom. The van der Waals surface area contributed by atoms with Gasteiger partial charge in [0.05, 0.1) is 52.4 Å². The Bertz CT molecular complexity index is 7320. The molecule has 0 radical (unpaired) electrons. The topological polar surface area (TPSA) is 138 Å². The maximum absolute atomic E-state index is 13.5. The van der Waals surface area contributed by atoms with Crippen molar-refractivity contribution < 1.29 is 12.6 Å². The number of rotatable bonds is 12. The van der Waals surface area contributed by atoms with Gasteiger partial charge in [-0.25, -0.2) is 42.5 Å². The predicted octanol–water partition coefficient (Wildman–Crippen LogP) is 24.6. The van der Waals surface area contributed by atoms with Crippen molar-refractivity contribution in [2.75, 3.05) is 0 Å². The lowest BCUT2D eigenvalue weighted by atomic mass is 10.00. The molecule has 22 rings (SSSR count). The molecule has 0 N–H and O–H groups in total. The normalized spacial score (nSPS) is 13.0. The molecule has 542 valence electrons. The van der Waals surface area contributed by atoms with Gasteiger partial charge in [0, 0.05) is 77.4 Å². The van der Waals surface area contributed by atoms with Crippen LogP contribution >= 0.6 is 0 Å². The number of hydrogen-bond donors (Lipinski definition) is 0. The molecule has 0 saturated carbocycles. The zero-order chi connectivity index (χ0) is 76.7. The van der Waals surface area contributed by atoms with E-state index in [0.29, 0.717) is 44.7 Å². The minimum atomic E-state index is -3.59. The summed E-state index contributed by atoms with van der Waals surface area (Å²) < 4.78 is 45.2. The average molecular weight is 1510 g/mol. The molecule has 6 heterocycles. The molecule has 16 aromatic carbocycles. The highest BCUT2D eigenvalue weighted by Gasteiger charge is 2.33. The van der Waals surface area contributed by atoms with Gasteiger partial charge in [0.2, 0.25) is 9.84 Å². The molecule has 0 fully saturated rings. The highest BCUT2D eigenvalue weighted by atomic mass is 32.2. The van der Waals surface area contributed by atoms with Crippen LogP contribution in [0, 0.1) is 0 Å². The highest BCUT2D eigenvalue weighted by Crippen LogP contribution is 2.47. The van der Waals surface area contributed by atoms with E-state index in [1.165, 1.54) is 10.8 Å². The monoisotopic (exact) mass is 1510 g/mol. The van der Waals surface area contributed by atoms with Crippen LogP contribution in [-0.4, -0.2) is 51.7 Å². The average Bonchev–Trinajstić information content (AvgIpc) is 1.59. The third-order valence-electron chi connectivity index (χ3n) is 21.8. The SMILES string of the molecule is O=S1(=O)c2ccccc2-c2ccc(-c3cccc(-n4c5ccccc5c5cc(-c6cccc(-c7nc(-c8ccccc8)nc(-c8ccccc8)n7)c6)ccc54)c3)cc21.O=S1c2ccccc2-c2ccc(-c3cccc(-n4c5ccccc5c5cc(-c6ccc(-c7nc(-c8ccccc8)nc(-c8ccccc8)n7)cc6)ccc54)c3)cc21. The van der Waals surface area contributed by atoms with Crippen LogP contribution in [0.5, 0.6) is 0 Å². The second-order valence-electron chi connectivity index (χ2n) is 28.7. The largest absolute Gasteiger partial charge is 0.309 e. The van der Waals surface area contributed by atoms with Gasteiger partial charge in [0.25, 0.3) is 0 Å². The summed E-state index contributed by atoms with van der Waals surface area (Å²) in [5.74, 6) is 3.78. The van der Waals surface area contributed by atoms with E-state index < -0.39 is 20.6 Å². The van der Waals surface area contributed by atoms with Crippen LogP contribution in [0.3, 0.4) is 0 Å². The standard InChI is InChI=1S/C51H32N4O2S.C51H32N4OS/c56-58(57)47-24-10-8-22-42(47)43-27-25-38(32-48(43)58)36-18-12-20-40(30-36)55-45-23-9-7-21-41(45)44-31-37(26-28-46(44)55)35-17-11-19-39(29-35)51-53-49(33-13-3-1-4-14-33)52-50(54-51)34-15-5-2-6-16-34;56-57-47-21-10-8-19-42(47)43-28-26-39(32-48(43)57)37-16-11-17-40(30-37)55-45-20-9-7-18-41(45)44-31-38(27-29-46(44)55)33-22-24-36(25-23-33)51-53-49(34-12-3-1-4-13-34)52-50(54-51)35-14-5-2-6-15-35/h1-32H;1-32H. The Labute approximate surface area is 665 Å². The van der Waals surface area contributed by atoms with Gasteiger partial charge in [-0.05, 0) is 147 Å². The minimum absolute atomic E-state index is 0.355. The first kappa shape index (κ1) is 68.3. The van der Waals surface area contributed by atoms with E-state index in [0.717, 1.165) is 154 Å². The van der Waals surface area contributed by atoms with E-state index in [-0.39, 0.29) is 0 Å². The minimum Gasteiger partial charge on any atom is -0.309 e. The first-order valence-electron chi connectivity index (χ1n) is 38.0. The summed E-state index contributed by atoms with van der Waals surface area (Å²) in [5, 5.41) is 4.64. The number of sulfone groups is 1. The summed E-state index contributed by atoms with van der Waals surface area (Å²) in [7, 11) is -4.78. The lowest BCUT2D eigenvalue weighted by molar-refractivity contribution is 0.598. The molecule has 115 heavy (non-hydrogen) atoms. The van der Waals surface area contributed by atoms with Crippen molar-refractivity contribution in [3.63, 3.8) is 0 Å². The molecule has 13 heteroatoms. The molecule has 2 aliphatic heterocycles. The van der Waals surface area contributed by atoms with E-state index >= 15 is 0 Å². The first-order chi connectivity index (χ1) is 56.6. The van der Waals surface area contributed by atoms with Crippen molar-refractivity contribution in [1.82, 2.24) is 39.0 Å². The molecular formula is C102H64N8O3S2. The molecular weight excluding hydrogens is 1450 g/mol. The van der Waals surface area contributed by atoms with Crippen LogP contribution < -0.4 is 0 Å². The van der Waals surface area contributed by atoms with Crippen LogP contribution in [-0.2, 0) is 20.6 Å². The zero-order valence-corrected chi connectivity index (χ0v) is 63.2. The van der Waals surface area contributed by atoms with Gasteiger partial charge in [-0.1, -0.05) is 297 Å². The van der Waals surface area contributed by atoms with Gasteiger partial charge in [0.1, 0.15) is 0 Å². The van der Waals surface area contributed by atoms with Gasteiger partial charge in [-0.2, -0.15) is 0 Å². The summed E-state index contributed by atoms with van der Waals surface area (Å²) in [6, 6.07) is 132. The Kier molecular flexibility index (Phi) is 16.8. The van der Waals surface area contributed by atoms with Gasteiger partial charge in [-0.3, -0.25) is 0 Å². The molecule has 20 aromatic rings. The third kappa shape index (κ3) is 12.2. The van der Waals surface area contributed by atoms with Crippen LogP contribution in [0.15, 0.2) is 408 Å². The van der Waals surface area contributed by atoms with Gasteiger partial charge >= 0.3 is 0 Å². The van der Waals surface area contributed by atoms with E-state index in [1.807, 2.05) is 182 Å². The summed E-state index contributed by atoms with van der Waals surface area (Å²) in [4.78, 5) is 32.0. The third-order valence-corrected chi connectivity index (χ3v) is 25.2. The van der Waals surface area contributed by atoms with Crippen LogP contribution in [0.1, 0.15) is 0 Å². The molecule has 0 bridgehead atoms. The van der Waals surface area contributed by atoms with E-state index in [4.69, 9.17) is 29.9 Å². The quantitative estimate of drug-likeness (QED) is 0.117. The zero-order valence-electron chi connectivity index (χ0n) is 61.6. The molecule has 1 atom stereocenters. The molecule has 11 nitrogen and oxygen atoms in total. The van der Waals surface area contributed by atoms with Gasteiger partial charge in [-0.15, -0.1) is 0 Å². The molecule has 0 aliphatic carbocycles. The Morgan fingerprint density at radius 2 is 0.530 bits per heavy atom. The fourth-order valence-corrected chi connectivity index (χ4v) is 19.4.